The van der Waals surface area contributed by atoms with Crippen molar-refractivity contribution in [3.63, 3.8) is 0 Å². The number of nitrogens with one attached hydrogen (secondary N) is 1. The smallest absolute Gasteiger partial charge is 0.260 e. The van der Waals surface area contributed by atoms with Crippen LogP contribution in [0.1, 0.15) is 16.7 Å². The third-order valence-electron chi connectivity index (χ3n) is 5.60. The van der Waals surface area contributed by atoms with Gasteiger partial charge in [0.2, 0.25) is 10.0 Å². The zero-order valence-electron chi connectivity index (χ0n) is 21.7. The maximum absolute atomic E-state index is 12.5. The SMILES string of the molecule is Cc1ccc(COc2ccc(/C=N\NC(=O)CN(c3ccc(Oc4ccccc4)cc3)S(C)(=O)=O)cc2)cc1. The molecule has 0 radical (unpaired) electrons. The summed E-state index contributed by atoms with van der Waals surface area (Å²) in [4.78, 5) is 12.5. The van der Waals surface area contributed by atoms with Crippen LogP contribution in [0, 0.1) is 6.92 Å². The van der Waals surface area contributed by atoms with E-state index in [0.717, 1.165) is 21.7 Å². The highest BCUT2D eigenvalue weighted by atomic mass is 32.2. The van der Waals surface area contributed by atoms with Gasteiger partial charge in [-0.15, -0.1) is 0 Å². The average molecular weight is 544 g/mol. The van der Waals surface area contributed by atoms with Crippen LogP contribution in [0.4, 0.5) is 5.69 Å². The number of hydrazone groups is 1. The average Bonchev–Trinajstić information content (AvgIpc) is 2.93. The van der Waals surface area contributed by atoms with Crippen LogP contribution in [-0.2, 0) is 21.4 Å². The first-order chi connectivity index (χ1) is 18.8. The zero-order chi connectivity index (χ0) is 27.7. The lowest BCUT2D eigenvalue weighted by Gasteiger charge is -2.21. The van der Waals surface area contributed by atoms with E-state index in [4.69, 9.17) is 9.47 Å². The summed E-state index contributed by atoms with van der Waals surface area (Å²) in [5.74, 6) is 1.32. The second kappa shape index (κ2) is 12.7. The van der Waals surface area contributed by atoms with Crippen LogP contribution < -0.4 is 19.2 Å². The summed E-state index contributed by atoms with van der Waals surface area (Å²) in [6.45, 7) is 2.07. The van der Waals surface area contributed by atoms with Crippen LogP contribution in [0.25, 0.3) is 0 Å². The van der Waals surface area contributed by atoms with Gasteiger partial charge in [-0.25, -0.2) is 13.8 Å². The fourth-order valence-electron chi connectivity index (χ4n) is 3.55. The van der Waals surface area contributed by atoms with E-state index in [-0.39, 0.29) is 0 Å². The number of ether oxygens (including phenoxy) is 2. The number of aryl methyl sites for hydroxylation is 1. The van der Waals surface area contributed by atoms with Gasteiger partial charge in [0.25, 0.3) is 5.91 Å². The van der Waals surface area contributed by atoms with Crippen molar-refractivity contribution in [2.24, 2.45) is 5.10 Å². The standard InChI is InChI=1S/C30H29N3O5S/c1-23-8-10-25(11-9-23)22-37-27-16-12-24(13-17-27)20-31-32-30(34)21-33(39(2,35)36)26-14-18-29(19-15-26)38-28-6-4-3-5-7-28/h3-20H,21-22H2,1-2H3,(H,32,34)/b31-20-. The lowest BCUT2D eigenvalue weighted by atomic mass is 10.2. The number of nitrogens with zero attached hydrogens (tertiary/aromatic N) is 2. The predicted octanol–water partition coefficient (Wildman–Crippen LogP) is 5.28. The van der Waals surface area contributed by atoms with Crippen molar-refractivity contribution >= 4 is 27.8 Å². The van der Waals surface area contributed by atoms with Crippen LogP contribution in [0.15, 0.2) is 108 Å². The normalized spacial score (nSPS) is 11.2. The molecule has 1 amide bonds. The molecule has 8 nitrogen and oxygen atoms in total. The van der Waals surface area contributed by atoms with Crippen LogP contribution in [0.2, 0.25) is 0 Å². The Kier molecular flexibility index (Phi) is 8.96. The molecule has 0 saturated heterocycles. The molecular formula is C30H29N3O5S. The Balaban J connectivity index is 1.30. The maximum atomic E-state index is 12.5. The number of para-hydroxylation sites is 1. The molecule has 0 heterocycles. The second-order valence-corrected chi connectivity index (χ2v) is 10.7. The van der Waals surface area contributed by atoms with Crippen molar-refractivity contribution in [3.8, 4) is 17.2 Å². The van der Waals surface area contributed by atoms with E-state index in [2.05, 4.69) is 10.5 Å². The first kappa shape index (κ1) is 27.4. The monoisotopic (exact) mass is 543 g/mol. The number of hydrogen-bond donors (Lipinski definition) is 1. The highest BCUT2D eigenvalue weighted by Gasteiger charge is 2.20. The summed E-state index contributed by atoms with van der Waals surface area (Å²) >= 11 is 0. The quantitative estimate of drug-likeness (QED) is 0.205. The van der Waals surface area contributed by atoms with E-state index < -0.39 is 22.5 Å². The molecule has 0 saturated carbocycles. The summed E-state index contributed by atoms with van der Waals surface area (Å²) in [6, 6.07) is 31.1. The lowest BCUT2D eigenvalue weighted by Crippen LogP contribution is -2.38. The number of rotatable bonds is 11. The van der Waals surface area contributed by atoms with Gasteiger partial charge in [-0.1, -0.05) is 48.0 Å². The van der Waals surface area contributed by atoms with E-state index in [9.17, 15) is 13.2 Å². The van der Waals surface area contributed by atoms with Gasteiger partial charge in [0.15, 0.2) is 0 Å². The lowest BCUT2D eigenvalue weighted by molar-refractivity contribution is -0.119. The molecule has 1 N–H and O–H groups in total. The summed E-state index contributed by atoms with van der Waals surface area (Å²) in [5, 5.41) is 3.96. The van der Waals surface area contributed by atoms with Gasteiger partial charge in [-0.3, -0.25) is 9.10 Å². The Morgan fingerprint density at radius 3 is 2.10 bits per heavy atom. The van der Waals surface area contributed by atoms with Gasteiger partial charge in [-0.2, -0.15) is 5.10 Å². The zero-order valence-corrected chi connectivity index (χ0v) is 22.5. The number of benzene rings is 4. The Hall–Kier alpha value is -4.63. The Bertz CT molecular complexity index is 1500. The van der Waals surface area contributed by atoms with Crippen LogP contribution in [0.5, 0.6) is 17.2 Å². The number of hydrogen-bond acceptors (Lipinski definition) is 6. The van der Waals surface area contributed by atoms with E-state index in [1.54, 1.807) is 24.3 Å². The second-order valence-electron chi connectivity index (χ2n) is 8.82. The molecule has 0 unspecified atom stereocenters. The molecule has 9 heteroatoms. The maximum Gasteiger partial charge on any atom is 0.260 e. The topological polar surface area (TPSA) is 97.3 Å². The molecule has 4 aromatic carbocycles. The third-order valence-corrected chi connectivity index (χ3v) is 6.74. The van der Waals surface area contributed by atoms with Crippen molar-refractivity contribution in [2.75, 3.05) is 17.1 Å². The molecule has 0 bridgehead atoms. The number of sulfonamides is 1. The Morgan fingerprint density at radius 2 is 1.46 bits per heavy atom. The van der Waals surface area contributed by atoms with Crippen molar-refractivity contribution in [1.29, 1.82) is 0 Å². The first-order valence-electron chi connectivity index (χ1n) is 12.2. The molecule has 0 aliphatic heterocycles. The van der Waals surface area contributed by atoms with Gasteiger partial charge in [0.05, 0.1) is 18.2 Å². The first-order valence-corrected chi connectivity index (χ1v) is 14.0. The molecule has 0 spiro atoms. The minimum absolute atomic E-state index is 0.332. The highest BCUT2D eigenvalue weighted by Crippen LogP contribution is 2.25. The molecule has 4 aromatic rings. The largest absolute Gasteiger partial charge is 0.489 e. The number of carbonyl (C=O) groups excluding carboxylic acids is 1. The Morgan fingerprint density at radius 1 is 0.846 bits per heavy atom. The van der Waals surface area contributed by atoms with Gasteiger partial charge < -0.3 is 9.47 Å². The molecule has 0 aliphatic carbocycles. The molecule has 200 valence electrons. The van der Waals surface area contributed by atoms with E-state index in [1.165, 1.54) is 11.8 Å². The highest BCUT2D eigenvalue weighted by molar-refractivity contribution is 7.92. The number of amides is 1. The van der Waals surface area contributed by atoms with Gasteiger partial charge in [-0.05, 0) is 78.7 Å². The molecular weight excluding hydrogens is 514 g/mol. The molecule has 4 rings (SSSR count). The van der Waals surface area contributed by atoms with E-state index >= 15 is 0 Å². The Labute approximate surface area is 228 Å². The van der Waals surface area contributed by atoms with Gasteiger partial charge in [0, 0.05) is 0 Å². The fourth-order valence-corrected chi connectivity index (χ4v) is 4.41. The number of anilines is 1. The third kappa shape index (κ3) is 8.44. The minimum atomic E-state index is -3.73. The summed E-state index contributed by atoms with van der Waals surface area (Å²) < 4.78 is 37.3. The summed E-state index contributed by atoms with van der Waals surface area (Å²) in [7, 11) is -3.73. The minimum Gasteiger partial charge on any atom is -0.489 e. The van der Waals surface area contributed by atoms with E-state index in [0.29, 0.717) is 29.5 Å². The van der Waals surface area contributed by atoms with Crippen molar-refractivity contribution < 1.29 is 22.7 Å². The molecule has 0 aliphatic rings. The van der Waals surface area contributed by atoms with Gasteiger partial charge >= 0.3 is 0 Å². The van der Waals surface area contributed by atoms with Crippen molar-refractivity contribution in [1.82, 2.24) is 5.43 Å². The fraction of sp³-hybridized carbons (Fsp3) is 0.133. The van der Waals surface area contributed by atoms with Gasteiger partial charge in [0.1, 0.15) is 30.4 Å². The van der Waals surface area contributed by atoms with Crippen molar-refractivity contribution in [2.45, 2.75) is 13.5 Å². The molecule has 0 aromatic heterocycles. The molecule has 0 fully saturated rings. The number of carbonyl (C=O) groups is 1. The summed E-state index contributed by atoms with van der Waals surface area (Å²) in [5.41, 5.74) is 5.73. The molecule has 39 heavy (non-hydrogen) atoms. The van der Waals surface area contributed by atoms with Crippen LogP contribution in [-0.4, -0.2) is 33.3 Å². The molecule has 0 atom stereocenters. The van der Waals surface area contributed by atoms with Crippen molar-refractivity contribution in [3.05, 3.63) is 120 Å². The van der Waals surface area contributed by atoms with Crippen LogP contribution in [0.3, 0.4) is 0 Å². The van der Waals surface area contributed by atoms with E-state index in [1.807, 2.05) is 85.8 Å². The van der Waals surface area contributed by atoms with Crippen LogP contribution >= 0.6 is 0 Å². The summed E-state index contributed by atoms with van der Waals surface area (Å²) in [6.07, 6.45) is 2.52. The predicted molar refractivity (Wildman–Crippen MR) is 153 cm³/mol.